The molecule has 6 aromatic carbocycles. The van der Waals surface area contributed by atoms with Crippen LogP contribution in [0.5, 0.6) is 11.5 Å². The molecule has 1 saturated heterocycles. The molecular weight excluding hydrogens is 735 g/mol. The highest BCUT2D eigenvalue weighted by Crippen LogP contribution is 2.29. The first kappa shape index (κ1) is 40.5. The summed E-state index contributed by atoms with van der Waals surface area (Å²) in [6.07, 6.45) is 1.67. The maximum atomic E-state index is 13.5. The Hall–Kier alpha value is -6.67. The van der Waals surface area contributed by atoms with Crippen molar-refractivity contribution in [2.24, 2.45) is 0 Å². The van der Waals surface area contributed by atoms with Gasteiger partial charge in [-0.2, -0.15) is 0 Å². The van der Waals surface area contributed by atoms with E-state index in [1.807, 2.05) is 177 Å². The van der Waals surface area contributed by atoms with E-state index in [4.69, 9.17) is 9.47 Å². The smallest absolute Gasteiger partial charge is 0.253 e. The normalized spacial score (nSPS) is 13.1. The molecule has 7 rings (SSSR count). The second-order valence-electron chi connectivity index (χ2n) is 15.7. The summed E-state index contributed by atoms with van der Waals surface area (Å²) in [5.74, 6) is 1.47. The highest BCUT2D eigenvalue weighted by Gasteiger charge is 2.33. The SMILES string of the molecule is Cc1ccc(C(=O)N2CCC(Oc3ccc(COc4ccc(-c5ccc(C(=O)NCc6cccc(N(C)C(=O)C(C)(C)c7ccccc7)c6)cc5)cc4)cc3)CC2)cc1. The molecule has 6 aromatic rings. The Labute approximate surface area is 347 Å². The third-order valence-corrected chi connectivity index (χ3v) is 11.1. The predicted molar refractivity (Wildman–Crippen MR) is 234 cm³/mol. The average molecular weight is 786 g/mol. The maximum absolute atomic E-state index is 13.5. The molecule has 1 heterocycles. The first-order valence-corrected chi connectivity index (χ1v) is 20.2. The zero-order valence-electron chi connectivity index (χ0n) is 34.2. The second-order valence-corrected chi connectivity index (χ2v) is 15.7. The van der Waals surface area contributed by atoms with Crippen molar-refractivity contribution in [3.05, 3.63) is 185 Å². The summed E-state index contributed by atoms with van der Waals surface area (Å²) in [5, 5.41) is 3.02. The van der Waals surface area contributed by atoms with Gasteiger partial charge in [-0.1, -0.05) is 96.6 Å². The van der Waals surface area contributed by atoms with Gasteiger partial charge in [0.25, 0.3) is 11.8 Å². The topological polar surface area (TPSA) is 88.2 Å². The summed E-state index contributed by atoms with van der Waals surface area (Å²) in [5.41, 5.74) is 7.41. The molecule has 0 aromatic heterocycles. The lowest BCUT2D eigenvalue weighted by Crippen LogP contribution is -2.41. The molecule has 0 radical (unpaired) electrons. The van der Waals surface area contributed by atoms with Crippen LogP contribution in [-0.2, 0) is 23.4 Å². The van der Waals surface area contributed by atoms with Crippen LogP contribution in [0.1, 0.15) is 69.7 Å². The minimum Gasteiger partial charge on any atom is -0.490 e. The molecule has 0 aliphatic carbocycles. The molecule has 1 aliphatic rings. The van der Waals surface area contributed by atoms with Crippen LogP contribution in [-0.4, -0.2) is 48.9 Å². The zero-order chi connectivity index (χ0) is 41.4. The van der Waals surface area contributed by atoms with Gasteiger partial charge in [-0.25, -0.2) is 0 Å². The van der Waals surface area contributed by atoms with Crippen molar-refractivity contribution in [1.29, 1.82) is 0 Å². The molecule has 8 heteroatoms. The van der Waals surface area contributed by atoms with Crippen molar-refractivity contribution < 1.29 is 23.9 Å². The molecule has 0 saturated carbocycles. The van der Waals surface area contributed by atoms with Crippen LogP contribution in [0, 0.1) is 6.92 Å². The molecule has 1 N–H and O–H groups in total. The number of anilines is 1. The number of ether oxygens (including phenoxy) is 2. The fraction of sp³-hybridized carbons (Fsp3) is 0.235. The van der Waals surface area contributed by atoms with E-state index in [0.717, 1.165) is 69.0 Å². The quantitative estimate of drug-likeness (QED) is 0.126. The Morgan fingerprint density at radius 3 is 1.97 bits per heavy atom. The first-order chi connectivity index (χ1) is 28.5. The van der Waals surface area contributed by atoms with E-state index in [1.54, 1.807) is 11.9 Å². The Balaban J connectivity index is 0.848. The third-order valence-electron chi connectivity index (χ3n) is 11.1. The minimum absolute atomic E-state index is 0.0150. The lowest BCUT2D eigenvalue weighted by molar-refractivity contribution is -0.122. The lowest BCUT2D eigenvalue weighted by atomic mass is 9.83. The van der Waals surface area contributed by atoms with Gasteiger partial charge in [-0.3, -0.25) is 14.4 Å². The molecule has 8 nitrogen and oxygen atoms in total. The van der Waals surface area contributed by atoms with E-state index in [-0.39, 0.29) is 23.8 Å². The van der Waals surface area contributed by atoms with Crippen LogP contribution in [0.4, 0.5) is 5.69 Å². The van der Waals surface area contributed by atoms with Gasteiger partial charge in [0.15, 0.2) is 0 Å². The number of rotatable bonds is 13. The van der Waals surface area contributed by atoms with Gasteiger partial charge in [0.2, 0.25) is 5.91 Å². The van der Waals surface area contributed by atoms with Crippen LogP contribution < -0.4 is 19.7 Å². The molecular formula is C51H51N3O5. The number of likely N-dealkylation sites (N-methyl/N-ethyl adjacent to an activating group) is 1. The summed E-state index contributed by atoms with van der Waals surface area (Å²) in [6.45, 7) is 8.01. The van der Waals surface area contributed by atoms with Crippen molar-refractivity contribution in [3.8, 4) is 22.6 Å². The summed E-state index contributed by atoms with van der Waals surface area (Å²) < 4.78 is 12.3. The number of aryl methyl sites for hydroxylation is 1. The van der Waals surface area contributed by atoms with Gasteiger partial charge in [-0.05, 0) is 109 Å². The van der Waals surface area contributed by atoms with E-state index in [0.29, 0.717) is 31.8 Å². The van der Waals surface area contributed by atoms with Crippen LogP contribution >= 0.6 is 0 Å². The Bertz CT molecular complexity index is 2350. The third kappa shape index (κ3) is 10.1. The molecule has 3 amide bonds. The van der Waals surface area contributed by atoms with Crippen molar-refractivity contribution >= 4 is 23.4 Å². The largest absolute Gasteiger partial charge is 0.490 e. The standard InChI is InChI=1S/C51H51N3O5/c1-36-13-17-42(18-14-36)49(56)54-31-29-47(30-32-54)59-46-25-15-37(16-26-46)35-58-45-27-23-40(24-28-45)39-19-21-41(22-20-39)48(55)52-34-38-9-8-12-44(33-38)53(4)50(57)51(2,3)43-10-6-5-7-11-43/h5-28,33,47H,29-32,34-35H2,1-4H3,(H,52,55). The van der Waals surface area contributed by atoms with E-state index in [1.165, 1.54) is 0 Å². The number of piperidine rings is 1. The number of nitrogens with one attached hydrogen (secondary N) is 1. The molecule has 300 valence electrons. The Morgan fingerprint density at radius 2 is 1.31 bits per heavy atom. The minimum atomic E-state index is -0.693. The van der Waals surface area contributed by atoms with E-state index >= 15 is 0 Å². The van der Waals surface area contributed by atoms with Crippen molar-refractivity contribution in [2.45, 2.75) is 58.3 Å². The molecule has 0 bridgehead atoms. The highest BCUT2D eigenvalue weighted by atomic mass is 16.5. The van der Waals surface area contributed by atoms with Crippen molar-refractivity contribution in [1.82, 2.24) is 10.2 Å². The van der Waals surface area contributed by atoms with Crippen LogP contribution in [0.3, 0.4) is 0 Å². The van der Waals surface area contributed by atoms with Crippen LogP contribution in [0.15, 0.2) is 152 Å². The average Bonchev–Trinajstić information content (AvgIpc) is 3.28. The summed E-state index contributed by atoms with van der Waals surface area (Å²) in [6, 6.07) is 48.7. The number of likely N-dealkylation sites (tertiary alicyclic amines) is 1. The second kappa shape index (κ2) is 18.3. The number of amides is 3. The van der Waals surface area contributed by atoms with Crippen molar-refractivity contribution in [2.75, 3.05) is 25.0 Å². The number of benzene rings is 6. The van der Waals surface area contributed by atoms with Gasteiger partial charge in [0.1, 0.15) is 24.2 Å². The fourth-order valence-electron chi connectivity index (χ4n) is 7.31. The molecule has 1 aliphatic heterocycles. The molecule has 0 spiro atoms. The van der Waals surface area contributed by atoms with Gasteiger partial charge in [0, 0.05) is 56.3 Å². The number of carbonyl (C=O) groups excluding carboxylic acids is 3. The molecule has 0 unspecified atom stereocenters. The van der Waals surface area contributed by atoms with E-state index < -0.39 is 5.41 Å². The van der Waals surface area contributed by atoms with E-state index in [2.05, 4.69) is 5.32 Å². The number of hydrogen-bond acceptors (Lipinski definition) is 5. The highest BCUT2D eigenvalue weighted by molar-refractivity contribution is 6.00. The van der Waals surface area contributed by atoms with Crippen LogP contribution in [0.25, 0.3) is 11.1 Å². The van der Waals surface area contributed by atoms with Gasteiger partial charge >= 0.3 is 0 Å². The lowest BCUT2D eigenvalue weighted by Gasteiger charge is -2.32. The molecule has 59 heavy (non-hydrogen) atoms. The van der Waals surface area contributed by atoms with Crippen molar-refractivity contribution in [3.63, 3.8) is 0 Å². The Morgan fingerprint density at radius 1 is 0.695 bits per heavy atom. The summed E-state index contributed by atoms with van der Waals surface area (Å²) in [7, 11) is 1.79. The van der Waals surface area contributed by atoms with Gasteiger partial charge in [0.05, 0.1) is 5.41 Å². The fourth-order valence-corrected chi connectivity index (χ4v) is 7.31. The molecule has 1 fully saturated rings. The van der Waals surface area contributed by atoms with E-state index in [9.17, 15) is 14.4 Å². The predicted octanol–water partition coefficient (Wildman–Crippen LogP) is 9.80. The monoisotopic (exact) mass is 785 g/mol. The maximum Gasteiger partial charge on any atom is 0.253 e. The van der Waals surface area contributed by atoms with Gasteiger partial charge < -0.3 is 24.6 Å². The van der Waals surface area contributed by atoms with Gasteiger partial charge in [-0.15, -0.1) is 0 Å². The summed E-state index contributed by atoms with van der Waals surface area (Å²) in [4.78, 5) is 43.1. The molecule has 0 atom stereocenters. The number of nitrogens with zero attached hydrogens (tertiary/aromatic N) is 2. The number of hydrogen-bond donors (Lipinski definition) is 1. The number of carbonyl (C=O) groups is 3. The van der Waals surface area contributed by atoms with Crippen LogP contribution in [0.2, 0.25) is 0 Å². The Kier molecular flexibility index (Phi) is 12.6. The first-order valence-electron chi connectivity index (χ1n) is 20.2. The zero-order valence-corrected chi connectivity index (χ0v) is 34.2. The summed E-state index contributed by atoms with van der Waals surface area (Å²) >= 11 is 0.